The number of fused-ring (bicyclic) bond motifs is 1. The summed E-state index contributed by atoms with van der Waals surface area (Å²) >= 11 is 0. The molecule has 3 aromatic heterocycles. The number of anilines is 1. The van der Waals surface area contributed by atoms with Crippen molar-refractivity contribution in [2.45, 2.75) is 33.9 Å². The largest absolute Gasteiger partial charge is 0.384 e. The van der Waals surface area contributed by atoms with Crippen LogP contribution in [0, 0.1) is 20.8 Å². The number of nitrogens with zero attached hydrogens (tertiary/aromatic N) is 4. The second-order valence-electron chi connectivity index (χ2n) is 7.54. The van der Waals surface area contributed by atoms with Crippen molar-refractivity contribution in [2.75, 3.05) is 5.73 Å². The van der Waals surface area contributed by atoms with Crippen molar-refractivity contribution >= 4 is 22.6 Å². The van der Waals surface area contributed by atoms with Crippen molar-refractivity contribution in [3.8, 4) is 0 Å². The van der Waals surface area contributed by atoms with Crippen LogP contribution in [-0.2, 0) is 13.1 Å². The molecule has 0 saturated heterocycles. The molecule has 1 aromatic carbocycles. The Bertz CT molecular complexity index is 1220. The van der Waals surface area contributed by atoms with Gasteiger partial charge in [-0.05, 0) is 62.2 Å². The average molecular weight is 400 g/mol. The van der Waals surface area contributed by atoms with Gasteiger partial charge in [0.15, 0.2) is 0 Å². The van der Waals surface area contributed by atoms with Crippen LogP contribution in [0.4, 0.5) is 5.82 Å². The Morgan fingerprint density at radius 1 is 1.13 bits per heavy atom. The Morgan fingerprint density at radius 3 is 2.77 bits per heavy atom. The van der Waals surface area contributed by atoms with Crippen LogP contribution < -0.4 is 11.1 Å². The molecule has 4 rings (SSSR count). The maximum Gasteiger partial charge on any atom is 0.251 e. The number of benzene rings is 1. The van der Waals surface area contributed by atoms with Crippen LogP contribution in [0.2, 0.25) is 0 Å². The molecule has 0 radical (unpaired) electrons. The van der Waals surface area contributed by atoms with Crippen LogP contribution in [0.1, 0.15) is 38.4 Å². The monoisotopic (exact) mass is 400 g/mol. The quantitative estimate of drug-likeness (QED) is 0.535. The SMILES string of the molecule is Cc1ccc2nn(Cc3cc(C(=O)NCc4c(C)cc(N)nc4C)ccn3)cc2c1. The summed E-state index contributed by atoms with van der Waals surface area (Å²) in [5.74, 6) is 0.329. The van der Waals surface area contributed by atoms with Gasteiger partial charge in [-0.15, -0.1) is 0 Å². The number of carbonyl (C=O) groups is 1. The lowest BCUT2D eigenvalue weighted by atomic mass is 10.1. The molecule has 3 N–H and O–H groups in total. The molecule has 0 aliphatic carbocycles. The van der Waals surface area contributed by atoms with E-state index in [0.29, 0.717) is 24.5 Å². The van der Waals surface area contributed by atoms with Crippen LogP contribution in [0.15, 0.2) is 48.8 Å². The Balaban J connectivity index is 1.47. The number of pyridine rings is 2. The molecule has 0 bridgehead atoms. The maximum absolute atomic E-state index is 12.7. The Labute approximate surface area is 175 Å². The van der Waals surface area contributed by atoms with Gasteiger partial charge in [0.2, 0.25) is 0 Å². The van der Waals surface area contributed by atoms with Crippen LogP contribution >= 0.6 is 0 Å². The van der Waals surface area contributed by atoms with E-state index in [1.807, 2.05) is 42.9 Å². The smallest absolute Gasteiger partial charge is 0.251 e. The first-order chi connectivity index (χ1) is 14.4. The molecule has 152 valence electrons. The molecule has 7 nitrogen and oxygen atoms in total. The van der Waals surface area contributed by atoms with Gasteiger partial charge in [-0.25, -0.2) is 4.98 Å². The number of carbonyl (C=O) groups excluding carboxylic acids is 1. The first-order valence-corrected chi connectivity index (χ1v) is 9.78. The first kappa shape index (κ1) is 19.6. The highest BCUT2D eigenvalue weighted by Gasteiger charge is 2.11. The van der Waals surface area contributed by atoms with Gasteiger partial charge in [0, 0.05) is 35.6 Å². The predicted octanol–water partition coefficient (Wildman–Crippen LogP) is 3.31. The van der Waals surface area contributed by atoms with Crippen LogP contribution in [-0.4, -0.2) is 25.7 Å². The van der Waals surface area contributed by atoms with E-state index in [-0.39, 0.29) is 5.91 Å². The Kier molecular flexibility index (Phi) is 5.18. The molecule has 0 aliphatic rings. The van der Waals surface area contributed by atoms with Gasteiger partial charge in [-0.2, -0.15) is 5.10 Å². The zero-order valence-corrected chi connectivity index (χ0v) is 17.3. The molecular formula is C23H24N6O. The summed E-state index contributed by atoms with van der Waals surface area (Å²) < 4.78 is 1.85. The topological polar surface area (TPSA) is 98.7 Å². The third kappa shape index (κ3) is 4.15. The third-order valence-electron chi connectivity index (χ3n) is 5.11. The van der Waals surface area contributed by atoms with Crippen LogP contribution in [0.25, 0.3) is 10.9 Å². The Hall–Kier alpha value is -3.74. The number of nitrogens with one attached hydrogen (secondary N) is 1. The molecule has 4 aromatic rings. The molecule has 0 spiro atoms. The molecule has 0 unspecified atom stereocenters. The number of hydrogen-bond acceptors (Lipinski definition) is 5. The number of amides is 1. The zero-order valence-electron chi connectivity index (χ0n) is 17.3. The normalized spacial score (nSPS) is 11.0. The minimum Gasteiger partial charge on any atom is -0.384 e. The van der Waals surface area contributed by atoms with E-state index in [9.17, 15) is 4.79 Å². The first-order valence-electron chi connectivity index (χ1n) is 9.78. The zero-order chi connectivity index (χ0) is 21.3. The highest BCUT2D eigenvalue weighted by atomic mass is 16.1. The van der Waals surface area contributed by atoms with E-state index in [0.717, 1.165) is 33.4 Å². The molecule has 0 atom stereocenters. The van der Waals surface area contributed by atoms with Gasteiger partial charge in [0.05, 0.1) is 17.8 Å². The van der Waals surface area contributed by atoms with E-state index in [1.165, 1.54) is 5.56 Å². The summed E-state index contributed by atoms with van der Waals surface area (Å²) in [6.07, 6.45) is 3.65. The predicted molar refractivity (Wildman–Crippen MR) is 117 cm³/mol. The number of aryl methyl sites for hydroxylation is 3. The fourth-order valence-electron chi connectivity index (χ4n) is 3.57. The Morgan fingerprint density at radius 2 is 1.97 bits per heavy atom. The number of hydrogen-bond donors (Lipinski definition) is 2. The van der Waals surface area contributed by atoms with E-state index < -0.39 is 0 Å². The lowest BCUT2D eigenvalue weighted by Crippen LogP contribution is -2.24. The minimum absolute atomic E-state index is 0.157. The lowest BCUT2D eigenvalue weighted by Gasteiger charge is -2.12. The number of rotatable bonds is 5. The summed E-state index contributed by atoms with van der Waals surface area (Å²) in [5.41, 5.74) is 12.1. The molecule has 3 heterocycles. The van der Waals surface area contributed by atoms with E-state index in [2.05, 4.69) is 33.4 Å². The highest BCUT2D eigenvalue weighted by molar-refractivity contribution is 5.94. The van der Waals surface area contributed by atoms with Gasteiger partial charge in [0.25, 0.3) is 5.91 Å². The summed E-state index contributed by atoms with van der Waals surface area (Å²) in [6.45, 7) is 6.81. The van der Waals surface area contributed by atoms with Crippen molar-refractivity contribution in [1.82, 2.24) is 25.1 Å². The summed E-state index contributed by atoms with van der Waals surface area (Å²) in [6, 6.07) is 11.5. The summed E-state index contributed by atoms with van der Waals surface area (Å²) in [7, 11) is 0. The second kappa shape index (κ2) is 7.94. The number of nitrogen functional groups attached to an aromatic ring is 1. The molecule has 0 aliphatic heterocycles. The van der Waals surface area contributed by atoms with Crippen molar-refractivity contribution in [1.29, 1.82) is 0 Å². The van der Waals surface area contributed by atoms with Gasteiger partial charge >= 0.3 is 0 Å². The van der Waals surface area contributed by atoms with Gasteiger partial charge in [-0.1, -0.05) is 11.6 Å². The summed E-state index contributed by atoms with van der Waals surface area (Å²) in [5, 5.41) is 8.64. The van der Waals surface area contributed by atoms with Crippen molar-refractivity contribution in [3.05, 3.63) is 82.4 Å². The highest BCUT2D eigenvalue weighted by Crippen LogP contribution is 2.16. The van der Waals surface area contributed by atoms with Crippen molar-refractivity contribution in [3.63, 3.8) is 0 Å². The number of aromatic nitrogens is 4. The maximum atomic E-state index is 12.7. The molecule has 30 heavy (non-hydrogen) atoms. The van der Waals surface area contributed by atoms with Gasteiger partial charge < -0.3 is 11.1 Å². The minimum atomic E-state index is -0.157. The van der Waals surface area contributed by atoms with Crippen molar-refractivity contribution < 1.29 is 4.79 Å². The molecule has 0 fully saturated rings. The van der Waals surface area contributed by atoms with Crippen LogP contribution in [0.3, 0.4) is 0 Å². The fourth-order valence-corrected chi connectivity index (χ4v) is 3.57. The standard InChI is InChI=1S/C23H24N6O/c1-14-4-5-21-18(8-14)12-29(28-21)13-19-10-17(6-7-25-19)23(30)26-11-20-15(2)9-22(24)27-16(20)3/h4-10,12H,11,13H2,1-3H3,(H2,24,27)(H,26,30). The molecular weight excluding hydrogens is 376 g/mol. The molecule has 0 saturated carbocycles. The van der Waals surface area contributed by atoms with Crippen LogP contribution in [0.5, 0.6) is 0 Å². The average Bonchev–Trinajstić information content (AvgIpc) is 3.08. The van der Waals surface area contributed by atoms with Crippen molar-refractivity contribution in [2.24, 2.45) is 0 Å². The van der Waals surface area contributed by atoms with Gasteiger partial charge in [-0.3, -0.25) is 14.5 Å². The second-order valence-corrected chi connectivity index (χ2v) is 7.54. The van der Waals surface area contributed by atoms with E-state index in [4.69, 9.17) is 5.73 Å². The number of nitrogens with two attached hydrogens (primary N) is 1. The lowest BCUT2D eigenvalue weighted by molar-refractivity contribution is 0.0950. The van der Waals surface area contributed by atoms with Gasteiger partial charge in [0.1, 0.15) is 5.82 Å². The molecule has 1 amide bonds. The van der Waals surface area contributed by atoms with E-state index in [1.54, 1.807) is 18.3 Å². The fraction of sp³-hybridized carbons (Fsp3) is 0.217. The van der Waals surface area contributed by atoms with E-state index >= 15 is 0 Å². The molecule has 7 heteroatoms. The summed E-state index contributed by atoms with van der Waals surface area (Å²) in [4.78, 5) is 21.4. The third-order valence-corrected chi connectivity index (χ3v) is 5.11.